The van der Waals surface area contributed by atoms with E-state index < -0.39 is 18.4 Å². The molecule has 3 N–H and O–H groups in total. The summed E-state index contributed by atoms with van der Waals surface area (Å²) < 4.78 is 1.37. The quantitative estimate of drug-likeness (QED) is 0.634. The first-order chi connectivity index (χ1) is 11.2. The predicted octanol–water partition coefficient (Wildman–Crippen LogP) is 2.30. The summed E-state index contributed by atoms with van der Waals surface area (Å²) in [6.07, 6.45) is 1.51. The molecule has 0 aliphatic rings. The van der Waals surface area contributed by atoms with Crippen LogP contribution in [0.15, 0.2) is 27.4 Å². The zero-order valence-corrected chi connectivity index (χ0v) is 15.9. The Labute approximate surface area is 154 Å². The SMILES string of the molecule is CN(CC(=O)O)C(=O)c1cc(N(C)C(=O)c2cc(Br)c(Br)[nH]2)c[nH]1. The van der Waals surface area contributed by atoms with Crippen LogP contribution in [0.3, 0.4) is 0 Å². The summed E-state index contributed by atoms with van der Waals surface area (Å²) in [4.78, 5) is 43.3. The van der Waals surface area contributed by atoms with Gasteiger partial charge >= 0.3 is 5.97 Å². The molecule has 24 heavy (non-hydrogen) atoms. The van der Waals surface area contributed by atoms with Gasteiger partial charge < -0.3 is 24.9 Å². The van der Waals surface area contributed by atoms with Crippen LogP contribution in [0, 0.1) is 0 Å². The molecule has 0 saturated carbocycles. The summed E-state index contributed by atoms with van der Waals surface area (Å²) in [5, 5.41) is 8.73. The zero-order chi connectivity index (χ0) is 18.0. The third kappa shape index (κ3) is 3.88. The van der Waals surface area contributed by atoms with Gasteiger partial charge in [-0.25, -0.2) is 0 Å². The average Bonchev–Trinajstić information content (AvgIpc) is 3.12. The number of anilines is 1. The summed E-state index contributed by atoms with van der Waals surface area (Å²) in [7, 11) is 2.96. The minimum atomic E-state index is -1.10. The van der Waals surface area contributed by atoms with Crippen LogP contribution >= 0.6 is 31.9 Å². The van der Waals surface area contributed by atoms with Crippen LogP contribution in [0.1, 0.15) is 21.0 Å². The van der Waals surface area contributed by atoms with Crippen LogP contribution in [0.4, 0.5) is 5.69 Å². The maximum absolute atomic E-state index is 12.4. The number of H-pyrrole nitrogens is 2. The van der Waals surface area contributed by atoms with Crippen molar-refractivity contribution in [3.05, 3.63) is 38.8 Å². The number of nitrogens with one attached hydrogen (secondary N) is 2. The molecule has 0 spiro atoms. The van der Waals surface area contributed by atoms with Crippen molar-refractivity contribution in [1.82, 2.24) is 14.9 Å². The number of halogens is 2. The molecular formula is C14H14Br2N4O4. The molecular weight excluding hydrogens is 448 g/mol. The second kappa shape index (κ2) is 7.22. The van der Waals surface area contributed by atoms with Gasteiger partial charge in [0.1, 0.15) is 17.9 Å². The molecule has 2 rings (SSSR count). The van der Waals surface area contributed by atoms with Crippen LogP contribution in [-0.2, 0) is 4.79 Å². The topological polar surface area (TPSA) is 110 Å². The van der Waals surface area contributed by atoms with E-state index in [1.165, 1.54) is 24.2 Å². The summed E-state index contributed by atoms with van der Waals surface area (Å²) in [5.74, 6) is -1.87. The van der Waals surface area contributed by atoms with Crippen molar-refractivity contribution in [2.24, 2.45) is 0 Å². The second-order valence-electron chi connectivity index (χ2n) is 5.04. The molecule has 0 saturated heterocycles. The number of nitrogens with zero attached hydrogens (tertiary/aromatic N) is 2. The molecule has 0 atom stereocenters. The highest BCUT2D eigenvalue weighted by atomic mass is 79.9. The number of aromatic nitrogens is 2. The summed E-state index contributed by atoms with van der Waals surface area (Å²) >= 11 is 6.57. The Hall–Kier alpha value is -2.07. The maximum atomic E-state index is 12.4. The molecule has 0 fully saturated rings. The highest BCUT2D eigenvalue weighted by Crippen LogP contribution is 2.25. The second-order valence-corrected chi connectivity index (χ2v) is 6.68. The minimum Gasteiger partial charge on any atom is -0.480 e. The number of carbonyl (C=O) groups is 3. The van der Waals surface area contributed by atoms with E-state index in [0.29, 0.717) is 16.0 Å². The predicted molar refractivity (Wildman–Crippen MR) is 94.3 cm³/mol. The van der Waals surface area contributed by atoms with Gasteiger partial charge in [0.05, 0.1) is 14.8 Å². The number of aromatic amines is 2. The number of hydrogen-bond donors (Lipinski definition) is 3. The lowest BCUT2D eigenvalue weighted by molar-refractivity contribution is -0.137. The number of carboxylic acids is 1. The zero-order valence-electron chi connectivity index (χ0n) is 12.8. The van der Waals surface area contributed by atoms with Crippen molar-refractivity contribution in [2.45, 2.75) is 0 Å². The van der Waals surface area contributed by atoms with Crippen LogP contribution in [-0.4, -0.2) is 58.4 Å². The standard InChI is InChI=1S/C14H14Br2N4O4/c1-19(6-11(21)22)13(23)9-3-7(5-17-9)20(2)14(24)10-4-8(15)12(16)18-10/h3-5,17-18H,6H2,1-2H3,(H,21,22). The van der Waals surface area contributed by atoms with Gasteiger partial charge in [0, 0.05) is 20.3 Å². The Bertz CT molecular complexity index is 779. The van der Waals surface area contributed by atoms with Crippen molar-refractivity contribution >= 4 is 55.3 Å². The van der Waals surface area contributed by atoms with E-state index >= 15 is 0 Å². The average molecular weight is 462 g/mol. The first kappa shape index (κ1) is 18.3. The van der Waals surface area contributed by atoms with Gasteiger partial charge in [0.2, 0.25) is 0 Å². The highest BCUT2D eigenvalue weighted by Gasteiger charge is 2.21. The van der Waals surface area contributed by atoms with E-state index in [1.807, 2.05) is 0 Å². The monoisotopic (exact) mass is 460 g/mol. The number of likely N-dealkylation sites (N-methyl/N-ethyl adjacent to an activating group) is 1. The van der Waals surface area contributed by atoms with Gasteiger partial charge in [-0.3, -0.25) is 14.4 Å². The molecule has 0 bridgehead atoms. The van der Waals surface area contributed by atoms with Gasteiger partial charge in [0.25, 0.3) is 11.8 Å². The van der Waals surface area contributed by atoms with Crippen LogP contribution in [0.25, 0.3) is 0 Å². The fourth-order valence-electron chi connectivity index (χ4n) is 2.00. The van der Waals surface area contributed by atoms with Gasteiger partial charge in [-0.2, -0.15) is 0 Å². The molecule has 0 aliphatic heterocycles. The van der Waals surface area contributed by atoms with E-state index in [-0.39, 0.29) is 11.6 Å². The van der Waals surface area contributed by atoms with Gasteiger partial charge in [-0.05, 0) is 44.0 Å². The van der Waals surface area contributed by atoms with Gasteiger partial charge in [-0.15, -0.1) is 0 Å². The van der Waals surface area contributed by atoms with E-state index in [9.17, 15) is 14.4 Å². The number of carboxylic acid groups (broad SMARTS) is 1. The third-order valence-electron chi connectivity index (χ3n) is 3.26. The maximum Gasteiger partial charge on any atom is 0.323 e. The fraction of sp³-hybridized carbons (Fsp3) is 0.214. The van der Waals surface area contributed by atoms with Crippen molar-refractivity contribution in [1.29, 1.82) is 0 Å². The number of hydrogen-bond acceptors (Lipinski definition) is 3. The molecule has 0 radical (unpaired) electrons. The van der Waals surface area contributed by atoms with Crippen molar-refractivity contribution in [3.8, 4) is 0 Å². The first-order valence-corrected chi connectivity index (χ1v) is 8.27. The van der Waals surface area contributed by atoms with Crippen molar-refractivity contribution in [3.63, 3.8) is 0 Å². The number of amides is 2. The Morgan fingerprint density at radius 2 is 1.79 bits per heavy atom. The third-order valence-corrected chi connectivity index (χ3v) is 5.05. The largest absolute Gasteiger partial charge is 0.480 e. The lowest BCUT2D eigenvalue weighted by Crippen LogP contribution is -2.32. The summed E-state index contributed by atoms with van der Waals surface area (Å²) in [5.41, 5.74) is 1.05. The summed E-state index contributed by atoms with van der Waals surface area (Å²) in [6.45, 7) is -0.410. The number of carbonyl (C=O) groups excluding carboxylic acids is 2. The fourth-order valence-corrected chi connectivity index (χ4v) is 2.65. The molecule has 0 aromatic carbocycles. The molecule has 128 valence electrons. The molecule has 2 heterocycles. The number of rotatable bonds is 5. The smallest absolute Gasteiger partial charge is 0.323 e. The van der Waals surface area contributed by atoms with Crippen LogP contribution < -0.4 is 4.90 Å². The molecule has 8 nitrogen and oxygen atoms in total. The molecule has 2 aromatic rings. The Balaban J connectivity index is 2.16. The van der Waals surface area contributed by atoms with Gasteiger partial charge in [-0.1, -0.05) is 0 Å². The highest BCUT2D eigenvalue weighted by molar-refractivity contribution is 9.13. The van der Waals surface area contributed by atoms with Crippen molar-refractivity contribution < 1.29 is 19.5 Å². The van der Waals surface area contributed by atoms with E-state index in [0.717, 1.165) is 9.37 Å². The molecule has 0 aliphatic carbocycles. The summed E-state index contributed by atoms with van der Waals surface area (Å²) in [6, 6.07) is 3.13. The van der Waals surface area contributed by atoms with E-state index in [2.05, 4.69) is 41.8 Å². The van der Waals surface area contributed by atoms with Crippen molar-refractivity contribution in [2.75, 3.05) is 25.5 Å². The van der Waals surface area contributed by atoms with Crippen LogP contribution in [0.2, 0.25) is 0 Å². The van der Waals surface area contributed by atoms with Gasteiger partial charge in [0.15, 0.2) is 0 Å². The molecule has 10 heteroatoms. The lowest BCUT2D eigenvalue weighted by Gasteiger charge is -2.14. The number of aliphatic carboxylic acids is 1. The molecule has 2 aromatic heterocycles. The minimum absolute atomic E-state index is 0.197. The Morgan fingerprint density at radius 3 is 2.33 bits per heavy atom. The van der Waals surface area contributed by atoms with Crippen LogP contribution in [0.5, 0.6) is 0 Å². The van der Waals surface area contributed by atoms with E-state index in [4.69, 9.17) is 5.11 Å². The lowest BCUT2D eigenvalue weighted by atomic mass is 10.3. The van der Waals surface area contributed by atoms with E-state index in [1.54, 1.807) is 13.1 Å². The normalized spacial score (nSPS) is 10.5. The first-order valence-electron chi connectivity index (χ1n) is 6.68. The molecule has 0 unspecified atom stereocenters. The Kier molecular flexibility index (Phi) is 5.50. The Morgan fingerprint density at radius 1 is 1.12 bits per heavy atom. The molecule has 2 amide bonds.